The second kappa shape index (κ2) is 7.72. The average Bonchev–Trinajstić information content (AvgIpc) is 2.65. The van der Waals surface area contributed by atoms with Gasteiger partial charge in [-0.2, -0.15) is 10.1 Å². The van der Waals surface area contributed by atoms with Crippen molar-refractivity contribution in [3.05, 3.63) is 75.3 Å². The minimum absolute atomic E-state index is 0.334. The Hall–Kier alpha value is -2.99. The molecular weight excluding hydrogens is 364 g/mol. The molecule has 0 unspecified atom stereocenters. The first-order chi connectivity index (χ1) is 12.9. The van der Waals surface area contributed by atoms with Gasteiger partial charge in [-0.15, -0.1) is 0 Å². The number of nitrogens with zero attached hydrogens (tertiary/aromatic N) is 3. The van der Waals surface area contributed by atoms with Crippen molar-refractivity contribution in [3.63, 3.8) is 0 Å². The van der Waals surface area contributed by atoms with Gasteiger partial charge in [0.25, 0.3) is 0 Å². The zero-order chi connectivity index (χ0) is 19.6. The fourth-order valence-electron chi connectivity index (χ4n) is 2.61. The number of hydrogen-bond acceptors (Lipinski definition) is 4. The summed E-state index contributed by atoms with van der Waals surface area (Å²) in [4.78, 5) is 29.0. The number of hydrogen-bond donors (Lipinski definition) is 1. The van der Waals surface area contributed by atoms with Crippen molar-refractivity contribution in [1.82, 2.24) is 14.8 Å². The Morgan fingerprint density at radius 1 is 1.15 bits per heavy atom. The summed E-state index contributed by atoms with van der Waals surface area (Å²) in [5.41, 5.74) is 3.33. The Balaban J connectivity index is 1.83. The van der Waals surface area contributed by atoms with Crippen LogP contribution in [0.1, 0.15) is 24.1 Å². The van der Waals surface area contributed by atoms with Gasteiger partial charge in [0.15, 0.2) is 0 Å². The summed E-state index contributed by atoms with van der Waals surface area (Å²) in [6.45, 7) is 5.51. The van der Waals surface area contributed by atoms with E-state index in [0.717, 1.165) is 21.4 Å². The third kappa shape index (κ3) is 4.06. The van der Waals surface area contributed by atoms with Crippen LogP contribution in [0.3, 0.4) is 0 Å². The SMILES string of the molecule is Cc1cccc(NC(=O)[C@H](C)n2ncc(-c3ccc(Cl)cc3)nc2=O)c1C. The molecule has 6 nitrogen and oxygen atoms in total. The van der Waals surface area contributed by atoms with Gasteiger partial charge in [-0.25, -0.2) is 9.48 Å². The molecule has 0 aliphatic rings. The quantitative estimate of drug-likeness (QED) is 0.745. The Bertz CT molecular complexity index is 1040. The molecule has 2 aromatic carbocycles. The fraction of sp³-hybridized carbons (Fsp3) is 0.200. The van der Waals surface area contributed by atoms with Crippen LogP contribution in [0.25, 0.3) is 11.3 Å². The van der Waals surface area contributed by atoms with Gasteiger partial charge >= 0.3 is 5.69 Å². The number of nitrogens with one attached hydrogen (secondary N) is 1. The van der Waals surface area contributed by atoms with Crippen molar-refractivity contribution in [2.24, 2.45) is 0 Å². The molecule has 1 atom stereocenters. The summed E-state index contributed by atoms with van der Waals surface area (Å²) in [6, 6.07) is 11.8. The Kier molecular flexibility index (Phi) is 5.37. The van der Waals surface area contributed by atoms with E-state index in [0.29, 0.717) is 16.4 Å². The van der Waals surface area contributed by atoms with Crippen molar-refractivity contribution in [1.29, 1.82) is 0 Å². The molecule has 0 aliphatic heterocycles. The zero-order valence-corrected chi connectivity index (χ0v) is 16.0. The highest BCUT2D eigenvalue weighted by molar-refractivity contribution is 6.30. The van der Waals surface area contributed by atoms with E-state index in [1.165, 1.54) is 6.20 Å². The highest BCUT2D eigenvalue weighted by atomic mass is 35.5. The molecule has 1 heterocycles. The molecule has 0 radical (unpaired) electrons. The highest BCUT2D eigenvalue weighted by Crippen LogP contribution is 2.20. The summed E-state index contributed by atoms with van der Waals surface area (Å²) in [6.07, 6.45) is 1.46. The molecule has 0 fully saturated rings. The molecular formula is C20H19ClN4O2. The second-order valence-electron chi connectivity index (χ2n) is 6.29. The normalized spacial score (nSPS) is 11.9. The molecule has 0 saturated carbocycles. The number of aromatic nitrogens is 3. The van der Waals surface area contributed by atoms with Crippen molar-refractivity contribution in [2.45, 2.75) is 26.8 Å². The van der Waals surface area contributed by atoms with Gasteiger partial charge in [0, 0.05) is 16.3 Å². The van der Waals surface area contributed by atoms with Gasteiger partial charge in [0.05, 0.1) is 11.9 Å². The lowest BCUT2D eigenvalue weighted by atomic mass is 10.1. The maximum absolute atomic E-state index is 12.6. The standard InChI is InChI=1S/C20H19ClN4O2/c1-12-5-4-6-17(13(12)2)23-19(26)14(3)25-20(27)24-18(11-22-25)15-7-9-16(21)10-8-15/h4-11,14H,1-3H3,(H,23,26)/t14-/m0/s1. The number of amides is 1. The molecule has 138 valence electrons. The van der Waals surface area contributed by atoms with Crippen LogP contribution in [-0.4, -0.2) is 20.7 Å². The first kappa shape index (κ1) is 18.8. The van der Waals surface area contributed by atoms with E-state index in [9.17, 15) is 9.59 Å². The van der Waals surface area contributed by atoms with E-state index in [2.05, 4.69) is 15.4 Å². The molecule has 0 spiro atoms. The monoisotopic (exact) mass is 382 g/mol. The third-order valence-corrected chi connectivity index (χ3v) is 4.72. The van der Waals surface area contributed by atoms with Crippen LogP contribution in [0, 0.1) is 13.8 Å². The van der Waals surface area contributed by atoms with Crippen LogP contribution < -0.4 is 11.0 Å². The van der Waals surface area contributed by atoms with E-state index in [1.807, 2.05) is 32.0 Å². The van der Waals surface area contributed by atoms with Crippen LogP contribution in [0.2, 0.25) is 5.02 Å². The van der Waals surface area contributed by atoms with Gasteiger partial charge in [0.1, 0.15) is 6.04 Å². The molecule has 27 heavy (non-hydrogen) atoms. The highest BCUT2D eigenvalue weighted by Gasteiger charge is 2.19. The van der Waals surface area contributed by atoms with Crippen LogP contribution in [0.15, 0.2) is 53.5 Å². The van der Waals surface area contributed by atoms with Gasteiger partial charge in [-0.05, 0) is 50.1 Å². The molecule has 0 aliphatic carbocycles. The molecule has 1 N–H and O–H groups in total. The number of aryl methyl sites for hydroxylation is 1. The molecule has 3 rings (SSSR count). The maximum atomic E-state index is 12.6. The van der Waals surface area contributed by atoms with Gasteiger partial charge in [0.2, 0.25) is 5.91 Å². The van der Waals surface area contributed by atoms with Gasteiger partial charge in [-0.1, -0.05) is 35.9 Å². The second-order valence-corrected chi connectivity index (χ2v) is 6.72. The third-order valence-electron chi connectivity index (χ3n) is 4.47. The molecule has 0 saturated heterocycles. The van der Waals surface area contributed by atoms with E-state index >= 15 is 0 Å². The number of anilines is 1. The number of carbonyl (C=O) groups excluding carboxylic acids is 1. The number of carbonyl (C=O) groups is 1. The topological polar surface area (TPSA) is 76.9 Å². The van der Waals surface area contributed by atoms with Crippen molar-refractivity contribution in [2.75, 3.05) is 5.32 Å². The van der Waals surface area contributed by atoms with Crippen LogP contribution in [-0.2, 0) is 4.79 Å². The summed E-state index contributed by atoms with van der Waals surface area (Å²) >= 11 is 5.87. The predicted molar refractivity (Wildman–Crippen MR) is 106 cm³/mol. The largest absolute Gasteiger partial charge is 0.365 e. The Morgan fingerprint density at radius 2 is 1.85 bits per heavy atom. The van der Waals surface area contributed by atoms with Crippen LogP contribution >= 0.6 is 11.6 Å². The number of benzene rings is 2. The minimum atomic E-state index is -0.802. The number of rotatable bonds is 4. The van der Waals surface area contributed by atoms with E-state index in [4.69, 9.17) is 11.6 Å². The molecule has 1 aromatic heterocycles. The summed E-state index contributed by atoms with van der Waals surface area (Å²) < 4.78 is 1.07. The van der Waals surface area contributed by atoms with Gasteiger partial charge < -0.3 is 5.32 Å². The fourth-order valence-corrected chi connectivity index (χ4v) is 2.74. The Labute approximate surface area is 161 Å². The first-order valence-corrected chi connectivity index (χ1v) is 8.83. The van der Waals surface area contributed by atoms with E-state index < -0.39 is 11.7 Å². The molecule has 3 aromatic rings. The van der Waals surface area contributed by atoms with Crippen LogP contribution in [0.4, 0.5) is 5.69 Å². The summed E-state index contributed by atoms with van der Waals surface area (Å²) in [5.74, 6) is -0.334. The van der Waals surface area contributed by atoms with Crippen molar-refractivity contribution in [3.8, 4) is 11.3 Å². The molecule has 7 heteroatoms. The maximum Gasteiger partial charge on any atom is 0.365 e. The van der Waals surface area contributed by atoms with E-state index in [1.54, 1.807) is 31.2 Å². The lowest BCUT2D eigenvalue weighted by Crippen LogP contribution is -2.35. The lowest BCUT2D eigenvalue weighted by molar-refractivity contribution is -0.119. The van der Waals surface area contributed by atoms with Crippen LogP contribution in [0.5, 0.6) is 0 Å². The smallest absolute Gasteiger partial charge is 0.324 e. The molecule has 0 bridgehead atoms. The van der Waals surface area contributed by atoms with Crippen molar-refractivity contribution < 1.29 is 4.79 Å². The average molecular weight is 383 g/mol. The van der Waals surface area contributed by atoms with Gasteiger partial charge in [-0.3, -0.25) is 4.79 Å². The van der Waals surface area contributed by atoms with Crippen molar-refractivity contribution >= 4 is 23.2 Å². The van der Waals surface area contributed by atoms with E-state index in [-0.39, 0.29) is 5.91 Å². The lowest BCUT2D eigenvalue weighted by Gasteiger charge is -2.15. The zero-order valence-electron chi connectivity index (χ0n) is 15.2. The Morgan fingerprint density at radius 3 is 2.52 bits per heavy atom. The minimum Gasteiger partial charge on any atom is -0.324 e. The summed E-state index contributed by atoms with van der Waals surface area (Å²) in [7, 11) is 0. The number of halogens is 1. The predicted octanol–water partition coefficient (Wildman–Crippen LogP) is 3.78. The summed E-state index contributed by atoms with van der Waals surface area (Å²) in [5, 5.41) is 7.57. The first-order valence-electron chi connectivity index (χ1n) is 8.45. The molecule has 1 amide bonds.